The minimum Gasteiger partial charge on any atom is -0.390 e. The molecule has 10 heteroatoms. The molecule has 5 atom stereocenters. The summed E-state index contributed by atoms with van der Waals surface area (Å²) in [7, 11) is 0. The number of hydrogen-bond donors (Lipinski definition) is 2. The van der Waals surface area contributed by atoms with E-state index in [2.05, 4.69) is 10.4 Å². The summed E-state index contributed by atoms with van der Waals surface area (Å²) in [5.74, 6) is -1.42. The van der Waals surface area contributed by atoms with Crippen LogP contribution in [0.1, 0.15) is 49.0 Å². The van der Waals surface area contributed by atoms with Gasteiger partial charge in [-0.05, 0) is 44.5 Å². The van der Waals surface area contributed by atoms with Crippen molar-refractivity contribution in [2.45, 2.75) is 63.6 Å². The molecule has 2 aliphatic rings. The molecule has 0 aliphatic carbocycles. The van der Waals surface area contributed by atoms with Gasteiger partial charge in [0.1, 0.15) is 0 Å². The number of aliphatic hydroxyl groups is 1. The Morgan fingerprint density at radius 1 is 1.39 bits per heavy atom. The van der Waals surface area contributed by atoms with Crippen LogP contribution in [0.25, 0.3) is 0 Å². The lowest BCUT2D eigenvalue weighted by atomic mass is 9.74. The number of amides is 1. The van der Waals surface area contributed by atoms with Crippen molar-refractivity contribution >= 4 is 23.2 Å². The molecule has 168 valence electrons. The highest BCUT2D eigenvalue weighted by molar-refractivity contribution is 6.31. The molecule has 2 fully saturated rings. The zero-order valence-electron chi connectivity index (χ0n) is 17.2. The second-order valence-corrected chi connectivity index (χ2v) is 8.83. The number of nitrogens with one attached hydrogen (secondary N) is 1. The van der Waals surface area contributed by atoms with Gasteiger partial charge in [-0.15, -0.1) is 0 Å². The van der Waals surface area contributed by atoms with Crippen LogP contribution in [0.4, 0.5) is 18.9 Å². The lowest BCUT2D eigenvalue weighted by Gasteiger charge is -2.29. The number of halogens is 4. The van der Waals surface area contributed by atoms with Crippen LogP contribution in [0.3, 0.4) is 0 Å². The number of nitrogens with zero attached hydrogens (tertiary/aromatic N) is 2. The summed E-state index contributed by atoms with van der Waals surface area (Å²) >= 11 is 5.78. The van der Waals surface area contributed by atoms with E-state index in [1.54, 1.807) is 4.68 Å². The second-order valence-electron chi connectivity index (χ2n) is 8.42. The molecule has 1 amide bonds. The lowest BCUT2D eigenvalue weighted by Crippen LogP contribution is -2.41. The molecule has 3 heterocycles. The van der Waals surface area contributed by atoms with Crippen molar-refractivity contribution in [3.8, 4) is 0 Å². The summed E-state index contributed by atoms with van der Waals surface area (Å²) in [6.45, 7) is 5.82. The van der Waals surface area contributed by atoms with Crippen LogP contribution in [0.15, 0.2) is 24.4 Å². The average molecular weight is 458 g/mol. The summed E-state index contributed by atoms with van der Waals surface area (Å²) in [6, 6.07) is 3.22. The Bertz CT molecular complexity index is 1010. The van der Waals surface area contributed by atoms with Crippen LogP contribution in [0, 0.1) is 12.8 Å². The standard InChI is InChI=1S/C21H23ClF3N3O3/c1-9(2)28-8-12(10(3)27-28)17-18(16-7-15(29)19(17)31-16)20(30)26-11-4-5-13(14(22)6-11)21(23,24)25/h4-6,8-9,15-19,29H,7H2,1-3H3,(H,26,30)/t15-,16+,17+,18-,19-/m0/s1. The van der Waals surface area contributed by atoms with Gasteiger partial charge >= 0.3 is 6.18 Å². The molecule has 1 aromatic carbocycles. The number of rotatable bonds is 4. The molecule has 0 unspecified atom stereocenters. The first kappa shape index (κ1) is 22.1. The Hall–Kier alpha value is -2.10. The number of aromatic nitrogens is 2. The van der Waals surface area contributed by atoms with Gasteiger partial charge in [0, 0.05) is 30.3 Å². The van der Waals surface area contributed by atoms with Gasteiger partial charge < -0.3 is 15.2 Å². The molecule has 2 saturated heterocycles. The number of carbonyl (C=O) groups excluding carboxylic acids is 1. The largest absolute Gasteiger partial charge is 0.417 e. The highest BCUT2D eigenvalue weighted by atomic mass is 35.5. The van der Waals surface area contributed by atoms with Crippen molar-refractivity contribution in [1.29, 1.82) is 0 Å². The maximum Gasteiger partial charge on any atom is 0.417 e. The molecule has 2 aliphatic heterocycles. The quantitative estimate of drug-likeness (QED) is 0.717. The number of fused-ring (bicyclic) bond motifs is 2. The SMILES string of the molecule is Cc1nn(C(C)C)cc1[C@H]1[C@H]2O[C@H](C[C@@H]2O)[C@@H]1C(=O)Nc1ccc(C(F)(F)F)c(Cl)c1. The predicted octanol–water partition coefficient (Wildman–Crippen LogP) is 4.32. The van der Waals surface area contributed by atoms with Gasteiger partial charge in [0.25, 0.3) is 0 Å². The van der Waals surface area contributed by atoms with E-state index in [4.69, 9.17) is 16.3 Å². The summed E-state index contributed by atoms with van der Waals surface area (Å²) in [6.07, 6.45) is -4.10. The van der Waals surface area contributed by atoms with Crippen molar-refractivity contribution < 1.29 is 27.8 Å². The molecule has 1 aromatic heterocycles. The third-order valence-electron chi connectivity index (χ3n) is 6.01. The highest BCUT2D eigenvalue weighted by Crippen LogP contribution is 2.50. The maximum absolute atomic E-state index is 13.2. The smallest absolute Gasteiger partial charge is 0.390 e. The topological polar surface area (TPSA) is 76.4 Å². The van der Waals surface area contributed by atoms with E-state index >= 15 is 0 Å². The fourth-order valence-corrected chi connectivity index (χ4v) is 4.84. The number of ether oxygens (including phenoxy) is 1. The van der Waals surface area contributed by atoms with E-state index in [0.29, 0.717) is 6.42 Å². The van der Waals surface area contributed by atoms with E-state index in [1.807, 2.05) is 27.0 Å². The van der Waals surface area contributed by atoms with Crippen molar-refractivity contribution in [2.24, 2.45) is 5.92 Å². The van der Waals surface area contributed by atoms with Crippen LogP contribution in [-0.4, -0.2) is 39.1 Å². The molecule has 2 N–H and O–H groups in total. The number of aryl methyl sites for hydroxylation is 1. The van der Waals surface area contributed by atoms with Crippen LogP contribution >= 0.6 is 11.6 Å². The molecule has 2 bridgehead atoms. The maximum atomic E-state index is 13.2. The van der Waals surface area contributed by atoms with Gasteiger partial charge in [-0.3, -0.25) is 9.48 Å². The Morgan fingerprint density at radius 2 is 2.10 bits per heavy atom. The highest BCUT2D eigenvalue weighted by Gasteiger charge is 2.57. The summed E-state index contributed by atoms with van der Waals surface area (Å²) in [5.41, 5.74) is 0.774. The van der Waals surface area contributed by atoms with Crippen molar-refractivity contribution in [2.75, 3.05) is 5.32 Å². The summed E-state index contributed by atoms with van der Waals surface area (Å²) < 4.78 is 46.5. The normalized spacial score (nSPS) is 27.8. The van der Waals surface area contributed by atoms with Crippen LogP contribution in [-0.2, 0) is 15.7 Å². The van der Waals surface area contributed by atoms with E-state index < -0.39 is 52.8 Å². The molecule has 31 heavy (non-hydrogen) atoms. The molecule has 0 spiro atoms. The van der Waals surface area contributed by atoms with Crippen molar-refractivity contribution in [1.82, 2.24) is 9.78 Å². The van der Waals surface area contributed by atoms with Gasteiger partial charge in [0.05, 0.1) is 40.5 Å². The van der Waals surface area contributed by atoms with Crippen molar-refractivity contribution in [3.63, 3.8) is 0 Å². The molecular formula is C21H23ClF3N3O3. The van der Waals surface area contributed by atoms with Crippen LogP contribution in [0.5, 0.6) is 0 Å². The molecule has 4 rings (SSSR count). The van der Waals surface area contributed by atoms with Gasteiger partial charge in [0.2, 0.25) is 5.91 Å². The zero-order chi connectivity index (χ0) is 22.7. The monoisotopic (exact) mass is 457 g/mol. The Kier molecular flexibility index (Phi) is 5.56. The van der Waals surface area contributed by atoms with E-state index in [-0.39, 0.29) is 11.7 Å². The third kappa shape index (κ3) is 3.94. The molecule has 0 radical (unpaired) electrons. The first-order valence-electron chi connectivity index (χ1n) is 10.0. The average Bonchev–Trinajstić information content (AvgIpc) is 3.32. The number of hydrogen-bond acceptors (Lipinski definition) is 4. The number of alkyl halides is 3. The molecule has 2 aromatic rings. The Morgan fingerprint density at radius 3 is 2.68 bits per heavy atom. The summed E-state index contributed by atoms with van der Waals surface area (Å²) in [5, 5.41) is 17.1. The van der Waals surface area contributed by atoms with Crippen molar-refractivity contribution in [3.05, 3.63) is 46.2 Å². The summed E-state index contributed by atoms with van der Waals surface area (Å²) in [4.78, 5) is 13.2. The van der Waals surface area contributed by atoms with Crippen LogP contribution in [0.2, 0.25) is 5.02 Å². The van der Waals surface area contributed by atoms with E-state index in [9.17, 15) is 23.1 Å². The van der Waals surface area contributed by atoms with Gasteiger partial charge in [0.15, 0.2) is 0 Å². The number of aliphatic hydroxyl groups excluding tert-OH is 1. The number of carbonyl (C=O) groups is 1. The molecule has 6 nitrogen and oxygen atoms in total. The van der Waals surface area contributed by atoms with E-state index in [0.717, 1.165) is 23.4 Å². The Labute approximate surface area is 182 Å². The minimum atomic E-state index is -4.58. The first-order chi connectivity index (χ1) is 14.5. The van der Waals surface area contributed by atoms with E-state index in [1.165, 1.54) is 6.07 Å². The number of anilines is 1. The van der Waals surface area contributed by atoms with Gasteiger partial charge in [-0.25, -0.2) is 0 Å². The molecule has 0 saturated carbocycles. The van der Waals surface area contributed by atoms with Gasteiger partial charge in [-0.2, -0.15) is 18.3 Å². The first-order valence-corrected chi connectivity index (χ1v) is 10.4. The fourth-order valence-electron chi connectivity index (χ4n) is 4.55. The number of benzene rings is 1. The fraction of sp³-hybridized carbons (Fsp3) is 0.524. The minimum absolute atomic E-state index is 0.124. The Balaban J connectivity index is 1.62. The second kappa shape index (κ2) is 7.79. The lowest BCUT2D eigenvalue weighted by molar-refractivity contribution is -0.137. The predicted molar refractivity (Wildman–Crippen MR) is 108 cm³/mol. The zero-order valence-corrected chi connectivity index (χ0v) is 17.9. The third-order valence-corrected chi connectivity index (χ3v) is 6.33. The van der Waals surface area contributed by atoms with Gasteiger partial charge in [-0.1, -0.05) is 11.6 Å². The molecular weight excluding hydrogens is 435 g/mol. The van der Waals surface area contributed by atoms with Crippen LogP contribution < -0.4 is 5.32 Å².